The number of nitrogens with one attached hydrogen (secondary N) is 1. The Balaban J connectivity index is 1.42. The number of carbonyl (C=O) groups excluding carboxylic acids is 1. The van der Waals surface area contributed by atoms with Gasteiger partial charge in [-0.2, -0.15) is 0 Å². The Morgan fingerprint density at radius 2 is 1.96 bits per heavy atom. The summed E-state index contributed by atoms with van der Waals surface area (Å²) in [6.45, 7) is 0.768. The van der Waals surface area contributed by atoms with Gasteiger partial charge in [0.1, 0.15) is 0 Å². The smallest absolute Gasteiger partial charge is 0.261 e. The summed E-state index contributed by atoms with van der Waals surface area (Å²) >= 11 is 1.66. The maximum atomic E-state index is 12.4. The van der Waals surface area contributed by atoms with Crippen LogP contribution in [0.3, 0.4) is 0 Å². The molecule has 0 radical (unpaired) electrons. The second-order valence-electron chi connectivity index (χ2n) is 5.99. The van der Waals surface area contributed by atoms with Crippen LogP contribution in [0.4, 0.5) is 0 Å². The van der Waals surface area contributed by atoms with Crippen LogP contribution < -0.4 is 14.8 Å². The molecule has 2 aliphatic rings. The zero-order valence-electron chi connectivity index (χ0n) is 12.9. The number of amides is 1. The van der Waals surface area contributed by atoms with E-state index in [0.717, 1.165) is 34.8 Å². The molecule has 2 heterocycles. The van der Waals surface area contributed by atoms with Crippen molar-refractivity contribution in [3.63, 3.8) is 0 Å². The lowest BCUT2D eigenvalue weighted by molar-refractivity contribution is 0.0955. The van der Waals surface area contributed by atoms with Crippen LogP contribution in [0.1, 0.15) is 44.9 Å². The zero-order chi connectivity index (χ0) is 15.6. The van der Waals surface area contributed by atoms with Crippen LogP contribution in [0.25, 0.3) is 0 Å². The molecule has 0 spiro atoms. The molecule has 0 bridgehead atoms. The molecule has 0 unspecified atom stereocenters. The molecule has 0 saturated carbocycles. The first kappa shape index (κ1) is 14.6. The van der Waals surface area contributed by atoms with Crippen molar-refractivity contribution in [2.75, 3.05) is 6.79 Å². The number of thiophene rings is 1. The minimum Gasteiger partial charge on any atom is -0.454 e. The van der Waals surface area contributed by atoms with Gasteiger partial charge in [0.05, 0.1) is 4.88 Å². The minimum absolute atomic E-state index is 0.0146. The number of hydrogen-bond acceptors (Lipinski definition) is 4. The van der Waals surface area contributed by atoms with Crippen LogP contribution >= 0.6 is 11.3 Å². The van der Waals surface area contributed by atoms with E-state index in [1.807, 2.05) is 18.2 Å². The lowest BCUT2D eigenvalue weighted by Gasteiger charge is -2.05. The number of benzene rings is 1. The van der Waals surface area contributed by atoms with E-state index in [0.29, 0.717) is 6.54 Å². The fraction of sp³-hybridized carbons (Fsp3) is 0.389. The number of aryl methyl sites for hydroxylation is 2. The van der Waals surface area contributed by atoms with Gasteiger partial charge in [-0.3, -0.25) is 4.79 Å². The molecule has 120 valence electrons. The molecule has 0 saturated heterocycles. The summed E-state index contributed by atoms with van der Waals surface area (Å²) in [5.74, 6) is 1.53. The van der Waals surface area contributed by atoms with Gasteiger partial charge in [-0.05, 0) is 55.0 Å². The normalized spacial score (nSPS) is 15.8. The van der Waals surface area contributed by atoms with Crippen LogP contribution in [-0.4, -0.2) is 12.7 Å². The van der Waals surface area contributed by atoms with Crippen molar-refractivity contribution in [1.29, 1.82) is 0 Å². The fourth-order valence-corrected chi connectivity index (χ4v) is 4.27. The molecule has 1 aromatic heterocycles. The third-order valence-corrected chi connectivity index (χ3v) is 5.60. The van der Waals surface area contributed by atoms with Gasteiger partial charge in [-0.25, -0.2) is 0 Å². The quantitative estimate of drug-likeness (QED) is 0.874. The van der Waals surface area contributed by atoms with Gasteiger partial charge < -0.3 is 14.8 Å². The summed E-state index contributed by atoms with van der Waals surface area (Å²) in [4.78, 5) is 14.6. The molecule has 4 rings (SSSR count). The van der Waals surface area contributed by atoms with Gasteiger partial charge in [0.15, 0.2) is 11.5 Å². The highest BCUT2D eigenvalue weighted by molar-refractivity contribution is 7.14. The summed E-state index contributed by atoms with van der Waals surface area (Å²) in [7, 11) is 0. The second kappa shape index (κ2) is 6.24. The minimum atomic E-state index is 0.0146. The van der Waals surface area contributed by atoms with Crippen molar-refractivity contribution in [3.05, 3.63) is 45.1 Å². The molecular weight excluding hydrogens is 310 g/mol. The molecule has 1 aromatic carbocycles. The Morgan fingerprint density at radius 3 is 2.91 bits per heavy atom. The van der Waals surface area contributed by atoms with E-state index in [9.17, 15) is 4.79 Å². The Hall–Kier alpha value is -2.01. The summed E-state index contributed by atoms with van der Waals surface area (Å²) < 4.78 is 10.7. The molecule has 0 atom stereocenters. The summed E-state index contributed by atoms with van der Waals surface area (Å²) in [6, 6.07) is 7.85. The van der Waals surface area contributed by atoms with Crippen molar-refractivity contribution in [3.8, 4) is 11.5 Å². The maximum absolute atomic E-state index is 12.4. The van der Waals surface area contributed by atoms with E-state index in [1.54, 1.807) is 11.3 Å². The Kier molecular flexibility index (Phi) is 3.95. The van der Waals surface area contributed by atoms with Crippen LogP contribution in [0.15, 0.2) is 24.3 Å². The number of fused-ring (bicyclic) bond motifs is 2. The van der Waals surface area contributed by atoms with Crippen LogP contribution in [-0.2, 0) is 19.4 Å². The van der Waals surface area contributed by atoms with Gasteiger partial charge in [0.2, 0.25) is 6.79 Å². The molecular formula is C18H19NO3S. The van der Waals surface area contributed by atoms with Crippen molar-refractivity contribution in [2.45, 2.75) is 38.6 Å². The number of rotatable bonds is 3. The third kappa shape index (κ3) is 3.06. The zero-order valence-corrected chi connectivity index (χ0v) is 13.7. The first-order valence-corrected chi connectivity index (χ1v) is 8.89. The van der Waals surface area contributed by atoms with E-state index in [4.69, 9.17) is 9.47 Å². The van der Waals surface area contributed by atoms with Crippen molar-refractivity contribution >= 4 is 17.2 Å². The van der Waals surface area contributed by atoms with Gasteiger partial charge in [-0.15, -0.1) is 11.3 Å². The third-order valence-electron chi connectivity index (χ3n) is 4.36. The topological polar surface area (TPSA) is 47.6 Å². The largest absolute Gasteiger partial charge is 0.454 e. The van der Waals surface area contributed by atoms with Gasteiger partial charge in [-0.1, -0.05) is 12.5 Å². The number of carbonyl (C=O) groups is 1. The molecule has 0 fully saturated rings. The standard InChI is InChI=1S/C18H19NO3S/c20-18(17-9-13-4-2-1-3-5-16(13)23-17)19-10-12-6-7-14-15(8-12)22-11-21-14/h6-9H,1-5,10-11H2,(H,19,20). The highest BCUT2D eigenvalue weighted by atomic mass is 32.1. The molecule has 1 aliphatic heterocycles. The molecule has 23 heavy (non-hydrogen) atoms. The fourth-order valence-electron chi connectivity index (χ4n) is 3.10. The summed E-state index contributed by atoms with van der Waals surface area (Å²) in [6.07, 6.45) is 6.01. The first-order chi connectivity index (χ1) is 11.3. The van der Waals surface area contributed by atoms with Crippen LogP contribution in [0.5, 0.6) is 11.5 Å². The number of hydrogen-bond donors (Lipinski definition) is 1. The second-order valence-corrected chi connectivity index (χ2v) is 7.13. The highest BCUT2D eigenvalue weighted by Gasteiger charge is 2.17. The van der Waals surface area contributed by atoms with Crippen LogP contribution in [0, 0.1) is 0 Å². The molecule has 4 nitrogen and oxygen atoms in total. The summed E-state index contributed by atoms with van der Waals surface area (Å²) in [5.41, 5.74) is 2.39. The summed E-state index contributed by atoms with van der Waals surface area (Å²) in [5, 5.41) is 3.01. The average molecular weight is 329 g/mol. The Bertz CT molecular complexity index is 714. The predicted octanol–water partition coefficient (Wildman–Crippen LogP) is 3.68. The van der Waals surface area contributed by atoms with Gasteiger partial charge in [0.25, 0.3) is 5.91 Å². The molecule has 2 aromatic rings. The van der Waals surface area contributed by atoms with E-state index in [1.165, 1.54) is 29.7 Å². The lowest BCUT2D eigenvalue weighted by atomic mass is 10.1. The van der Waals surface area contributed by atoms with E-state index in [-0.39, 0.29) is 12.7 Å². The maximum Gasteiger partial charge on any atom is 0.261 e. The lowest BCUT2D eigenvalue weighted by Crippen LogP contribution is -2.21. The molecule has 1 aliphatic carbocycles. The predicted molar refractivity (Wildman–Crippen MR) is 89.3 cm³/mol. The average Bonchev–Trinajstić information content (AvgIpc) is 3.14. The van der Waals surface area contributed by atoms with Crippen LogP contribution in [0.2, 0.25) is 0 Å². The van der Waals surface area contributed by atoms with Crippen molar-refractivity contribution < 1.29 is 14.3 Å². The van der Waals surface area contributed by atoms with Gasteiger partial charge >= 0.3 is 0 Å². The van der Waals surface area contributed by atoms with E-state index in [2.05, 4.69) is 11.4 Å². The van der Waals surface area contributed by atoms with E-state index < -0.39 is 0 Å². The molecule has 1 N–H and O–H groups in total. The van der Waals surface area contributed by atoms with E-state index >= 15 is 0 Å². The Morgan fingerprint density at radius 1 is 1.09 bits per heavy atom. The number of ether oxygens (including phenoxy) is 2. The Labute approximate surface area is 139 Å². The molecule has 1 amide bonds. The van der Waals surface area contributed by atoms with Gasteiger partial charge in [0, 0.05) is 11.4 Å². The molecule has 5 heteroatoms. The SMILES string of the molecule is O=C(NCc1ccc2c(c1)OCO2)c1cc2c(s1)CCCCC2. The first-order valence-electron chi connectivity index (χ1n) is 8.08. The highest BCUT2D eigenvalue weighted by Crippen LogP contribution is 2.32. The van der Waals surface area contributed by atoms with Crippen molar-refractivity contribution in [1.82, 2.24) is 5.32 Å². The monoisotopic (exact) mass is 329 g/mol. The van der Waals surface area contributed by atoms with Crippen molar-refractivity contribution in [2.24, 2.45) is 0 Å².